The molecule has 2 rings (SSSR count). The van der Waals surface area contributed by atoms with Crippen molar-refractivity contribution in [3.63, 3.8) is 0 Å². The second kappa shape index (κ2) is 8.57. The van der Waals surface area contributed by atoms with Crippen LogP contribution >= 0.6 is 11.6 Å². The first-order valence-electron chi connectivity index (χ1n) is 7.67. The van der Waals surface area contributed by atoms with E-state index in [1.54, 1.807) is 0 Å². The van der Waals surface area contributed by atoms with Gasteiger partial charge in [-0.15, -0.1) is 0 Å². The average molecular weight is 350 g/mol. The smallest absolute Gasteiger partial charge is 0.255 e. The number of methoxy groups -OCH3 is 1. The summed E-state index contributed by atoms with van der Waals surface area (Å²) in [5.74, 6) is 0.250. The van der Waals surface area contributed by atoms with E-state index in [1.807, 2.05) is 30.3 Å². The van der Waals surface area contributed by atoms with Crippen LogP contribution in [0.15, 0.2) is 42.5 Å². The highest BCUT2D eigenvalue weighted by atomic mass is 35.5. The predicted molar refractivity (Wildman–Crippen MR) is 93.2 cm³/mol. The minimum atomic E-state index is -0.567. The number of amides is 1. The summed E-state index contributed by atoms with van der Waals surface area (Å²) in [6.45, 7) is 2.65. The van der Waals surface area contributed by atoms with Crippen molar-refractivity contribution in [1.29, 1.82) is 0 Å². The maximum atomic E-state index is 10.9. The van der Waals surface area contributed by atoms with Crippen LogP contribution in [0, 0.1) is 0 Å². The van der Waals surface area contributed by atoms with Gasteiger partial charge in [-0.25, -0.2) is 0 Å². The molecule has 0 heterocycles. The zero-order valence-electron chi connectivity index (χ0n) is 13.8. The van der Waals surface area contributed by atoms with E-state index in [0.29, 0.717) is 22.6 Å². The number of benzene rings is 2. The molecule has 0 saturated carbocycles. The lowest BCUT2D eigenvalue weighted by Crippen LogP contribution is -2.83. The highest BCUT2D eigenvalue weighted by Gasteiger charge is 2.15. The summed E-state index contributed by atoms with van der Waals surface area (Å²) in [5.41, 5.74) is 7.36. The van der Waals surface area contributed by atoms with E-state index < -0.39 is 5.91 Å². The van der Waals surface area contributed by atoms with Gasteiger partial charge < -0.3 is 20.5 Å². The van der Waals surface area contributed by atoms with E-state index in [1.165, 1.54) is 12.7 Å². The van der Waals surface area contributed by atoms with Crippen molar-refractivity contribution in [3.05, 3.63) is 58.6 Å². The summed E-state index contributed by atoms with van der Waals surface area (Å²) in [4.78, 5) is 10.9. The molecule has 0 fully saturated rings. The van der Waals surface area contributed by atoms with Crippen LogP contribution in [0.3, 0.4) is 0 Å². The number of hydrogen-bond acceptors (Lipinski definition) is 3. The van der Waals surface area contributed by atoms with Crippen LogP contribution in [0.4, 0.5) is 0 Å². The number of carbonyl (C=O) groups excluding carboxylic acids is 1. The van der Waals surface area contributed by atoms with E-state index in [9.17, 15) is 4.79 Å². The van der Waals surface area contributed by atoms with Crippen LogP contribution in [0.2, 0.25) is 5.02 Å². The van der Waals surface area contributed by atoms with Crippen LogP contribution in [0.25, 0.3) is 0 Å². The molecule has 0 aliphatic rings. The lowest BCUT2D eigenvalue weighted by atomic mass is 10.1. The van der Waals surface area contributed by atoms with Gasteiger partial charge in [0.15, 0.2) is 18.1 Å². The zero-order valence-corrected chi connectivity index (χ0v) is 14.5. The second-order valence-corrected chi connectivity index (χ2v) is 5.91. The van der Waals surface area contributed by atoms with Gasteiger partial charge in [-0.05, 0) is 19.1 Å². The maximum absolute atomic E-state index is 10.9. The third kappa shape index (κ3) is 4.88. The Bertz CT molecular complexity index is 692. The molecule has 0 radical (unpaired) electrons. The van der Waals surface area contributed by atoms with E-state index in [-0.39, 0.29) is 6.61 Å². The van der Waals surface area contributed by atoms with Crippen molar-refractivity contribution in [2.75, 3.05) is 13.7 Å². The number of quaternary nitrogens is 1. The van der Waals surface area contributed by atoms with Gasteiger partial charge in [0.05, 0.1) is 12.1 Å². The van der Waals surface area contributed by atoms with Crippen molar-refractivity contribution in [3.8, 4) is 11.5 Å². The molecular weight excluding hydrogens is 328 g/mol. The van der Waals surface area contributed by atoms with Crippen LogP contribution in [0.5, 0.6) is 11.5 Å². The Morgan fingerprint density at radius 1 is 1.29 bits per heavy atom. The summed E-state index contributed by atoms with van der Waals surface area (Å²) in [6.07, 6.45) is 0. The minimum Gasteiger partial charge on any atom is -0.493 e. The molecule has 0 spiro atoms. The molecule has 128 valence electrons. The molecule has 4 N–H and O–H groups in total. The largest absolute Gasteiger partial charge is 0.493 e. The Morgan fingerprint density at radius 2 is 2.00 bits per heavy atom. The van der Waals surface area contributed by atoms with Gasteiger partial charge >= 0.3 is 0 Å². The van der Waals surface area contributed by atoms with Crippen molar-refractivity contribution in [2.45, 2.75) is 19.5 Å². The number of primary amides is 1. The lowest BCUT2D eigenvalue weighted by molar-refractivity contribution is -0.707. The van der Waals surface area contributed by atoms with Gasteiger partial charge in [0.1, 0.15) is 12.6 Å². The van der Waals surface area contributed by atoms with Crippen LogP contribution in [0.1, 0.15) is 24.1 Å². The van der Waals surface area contributed by atoms with Crippen LogP contribution < -0.4 is 20.5 Å². The predicted octanol–water partition coefficient (Wildman–Crippen LogP) is 2.04. The molecule has 2 aromatic carbocycles. The Labute approximate surface area is 146 Å². The molecule has 2 aromatic rings. The fourth-order valence-electron chi connectivity index (χ4n) is 2.38. The molecule has 0 aliphatic carbocycles. The molecule has 0 bridgehead atoms. The molecule has 0 aromatic heterocycles. The Morgan fingerprint density at radius 3 is 2.62 bits per heavy atom. The number of nitrogens with two attached hydrogens (primary N) is 2. The summed E-state index contributed by atoms with van der Waals surface area (Å²) >= 11 is 6.26. The summed E-state index contributed by atoms with van der Waals surface area (Å²) in [5, 5.41) is 2.61. The van der Waals surface area contributed by atoms with Crippen molar-refractivity contribution in [2.24, 2.45) is 5.73 Å². The van der Waals surface area contributed by atoms with Crippen LogP contribution in [-0.4, -0.2) is 19.6 Å². The minimum absolute atomic E-state index is 0.243. The summed E-state index contributed by atoms with van der Waals surface area (Å²) < 4.78 is 10.6. The first kappa shape index (κ1) is 18.1. The quantitative estimate of drug-likeness (QED) is 0.765. The fourth-order valence-corrected chi connectivity index (χ4v) is 2.67. The molecule has 0 saturated heterocycles. The maximum Gasteiger partial charge on any atom is 0.255 e. The first-order chi connectivity index (χ1) is 11.5. The molecule has 6 heteroatoms. The van der Waals surface area contributed by atoms with Crippen molar-refractivity contribution < 1.29 is 19.6 Å². The molecular formula is C18H22ClN2O3+. The van der Waals surface area contributed by atoms with Gasteiger partial charge in [-0.1, -0.05) is 41.9 Å². The zero-order chi connectivity index (χ0) is 17.5. The molecule has 1 amide bonds. The third-order valence-electron chi connectivity index (χ3n) is 3.68. The van der Waals surface area contributed by atoms with Crippen LogP contribution in [-0.2, 0) is 11.3 Å². The number of hydrogen-bond donors (Lipinski definition) is 2. The SMILES string of the molecule is COc1cc(C[NH2+][C@@H](C)c2ccccc2)cc(Cl)c1OCC(N)=O. The standard InChI is InChI=1S/C18H21ClN2O3/c1-12(14-6-4-3-5-7-14)21-10-13-8-15(19)18(16(9-13)23-2)24-11-17(20)22/h3-9,12,21H,10-11H2,1-2H3,(H2,20,22)/p+1/t12-/m0/s1. The van der Waals surface area contributed by atoms with Gasteiger partial charge in [0.2, 0.25) is 0 Å². The highest BCUT2D eigenvalue weighted by molar-refractivity contribution is 6.32. The third-order valence-corrected chi connectivity index (χ3v) is 3.96. The van der Waals surface area contributed by atoms with E-state index in [0.717, 1.165) is 12.1 Å². The Balaban J connectivity index is 2.08. The van der Waals surface area contributed by atoms with Gasteiger partial charge in [0, 0.05) is 11.1 Å². The van der Waals surface area contributed by atoms with Gasteiger partial charge in [-0.2, -0.15) is 0 Å². The number of ether oxygens (including phenoxy) is 2. The van der Waals surface area contributed by atoms with Gasteiger partial charge in [-0.3, -0.25) is 4.79 Å². The molecule has 24 heavy (non-hydrogen) atoms. The monoisotopic (exact) mass is 349 g/mol. The number of rotatable bonds is 8. The number of carbonyl (C=O) groups is 1. The second-order valence-electron chi connectivity index (χ2n) is 5.50. The Hall–Kier alpha value is -2.24. The molecule has 0 unspecified atom stereocenters. The molecule has 1 atom stereocenters. The van der Waals surface area contributed by atoms with Gasteiger partial charge in [0.25, 0.3) is 5.91 Å². The summed E-state index contributed by atoms with van der Waals surface area (Å²) in [7, 11) is 1.53. The first-order valence-corrected chi connectivity index (χ1v) is 8.05. The van der Waals surface area contributed by atoms with Crippen molar-refractivity contribution in [1.82, 2.24) is 0 Å². The fraction of sp³-hybridized carbons (Fsp3) is 0.278. The van der Waals surface area contributed by atoms with E-state index in [4.69, 9.17) is 26.8 Å². The number of halogens is 1. The summed E-state index contributed by atoms with van der Waals surface area (Å²) in [6, 6.07) is 14.3. The molecule has 0 aliphatic heterocycles. The normalized spacial score (nSPS) is 11.8. The molecule has 5 nitrogen and oxygen atoms in total. The van der Waals surface area contributed by atoms with Crippen molar-refractivity contribution >= 4 is 17.5 Å². The lowest BCUT2D eigenvalue weighted by Gasteiger charge is -2.14. The Kier molecular flexibility index (Phi) is 6.46. The highest BCUT2D eigenvalue weighted by Crippen LogP contribution is 2.36. The topological polar surface area (TPSA) is 78.2 Å². The average Bonchev–Trinajstić information content (AvgIpc) is 2.58. The van der Waals surface area contributed by atoms with E-state index >= 15 is 0 Å². The van der Waals surface area contributed by atoms with E-state index in [2.05, 4.69) is 24.4 Å².